The van der Waals surface area contributed by atoms with Gasteiger partial charge in [0.25, 0.3) is 5.92 Å². The fraction of sp³-hybridized carbons (Fsp3) is 0.440. The summed E-state index contributed by atoms with van der Waals surface area (Å²) in [6.07, 6.45) is 0.532. The minimum atomic E-state index is -3.29. The second-order valence-corrected chi connectivity index (χ2v) is 8.21. The van der Waals surface area contributed by atoms with Crippen LogP contribution in [0.1, 0.15) is 50.2 Å². The van der Waals surface area contributed by atoms with E-state index < -0.39 is 23.3 Å². The first-order valence-electron chi connectivity index (χ1n) is 11.0. The predicted octanol–water partition coefficient (Wildman–Crippen LogP) is 6.17. The molecule has 0 bridgehead atoms. The van der Waals surface area contributed by atoms with Crippen LogP contribution in [0.25, 0.3) is 10.9 Å². The van der Waals surface area contributed by atoms with Gasteiger partial charge in [0.2, 0.25) is 0 Å². The summed E-state index contributed by atoms with van der Waals surface area (Å²) in [4.78, 5) is 8.97. The average molecular weight is 478 g/mol. The molecule has 1 aromatic heterocycles. The smallest absolute Gasteiger partial charge is 0.273 e. The van der Waals surface area contributed by atoms with Gasteiger partial charge in [0, 0.05) is 31.0 Å². The molecule has 2 atom stereocenters. The lowest BCUT2D eigenvalue weighted by molar-refractivity contribution is 0.0136. The van der Waals surface area contributed by atoms with Crippen LogP contribution in [-0.2, 0) is 10.7 Å². The predicted molar refractivity (Wildman–Crippen MR) is 125 cm³/mol. The molecule has 0 radical (unpaired) electrons. The summed E-state index contributed by atoms with van der Waals surface area (Å²) in [6, 6.07) is 6.84. The van der Waals surface area contributed by atoms with E-state index in [1.807, 2.05) is 6.92 Å². The lowest BCUT2D eigenvalue weighted by atomic mass is 10.0. The van der Waals surface area contributed by atoms with E-state index in [0.717, 1.165) is 12.5 Å². The van der Waals surface area contributed by atoms with Gasteiger partial charge >= 0.3 is 0 Å². The van der Waals surface area contributed by atoms with Gasteiger partial charge in [-0.15, -0.1) is 0 Å². The summed E-state index contributed by atoms with van der Waals surface area (Å²) in [5.41, 5.74) is 0.0617. The number of ether oxygens (including phenoxy) is 3. The molecule has 3 rings (SSSR count). The quantitative estimate of drug-likeness (QED) is 0.377. The fourth-order valence-corrected chi connectivity index (χ4v) is 3.72. The third-order valence-electron chi connectivity index (χ3n) is 5.52. The van der Waals surface area contributed by atoms with E-state index in [-0.39, 0.29) is 11.7 Å². The molecular weight excluding hydrogens is 447 g/mol. The summed E-state index contributed by atoms with van der Waals surface area (Å²) in [7, 11) is 3.14. The normalized spacial score (nSPS) is 13.6. The molecule has 0 aliphatic carbocycles. The maximum atomic E-state index is 14.9. The van der Waals surface area contributed by atoms with Gasteiger partial charge in [0.1, 0.15) is 23.6 Å². The summed E-state index contributed by atoms with van der Waals surface area (Å²) >= 11 is 0. The zero-order valence-electron chi connectivity index (χ0n) is 20.2. The van der Waals surface area contributed by atoms with E-state index in [0.29, 0.717) is 47.6 Å². The van der Waals surface area contributed by atoms with Crippen LogP contribution in [0.2, 0.25) is 0 Å². The molecule has 184 valence electrons. The minimum absolute atomic E-state index is 0.111. The molecule has 1 N–H and O–H groups in total. The average Bonchev–Trinajstić information content (AvgIpc) is 2.77. The molecule has 0 saturated carbocycles. The van der Waals surface area contributed by atoms with Gasteiger partial charge in [0.05, 0.1) is 30.8 Å². The SMILES string of the molecule is CCC(COC)Oc1cc2c(N[C@H](C)c3cccc(C(C)(F)F)c3F)nc(C)nc2cc1OC. The maximum absolute atomic E-state index is 14.9. The third-order valence-corrected chi connectivity index (χ3v) is 5.52. The number of halogens is 3. The molecule has 2 aromatic carbocycles. The van der Waals surface area contributed by atoms with Crippen molar-refractivity contribution in [3.05, 3.63) is 53.1 Å². The number of fused-ring (bicyclic) bond motifs is 1. The molecule has 34 heavy (non-hydrogen) atoms. The van der Waals surface area contributed by atoms with Gasteiger partial charge in [-0.2, -0.15) is 0 Å². The first kappa shape index (κ1) is 25.6. The molecular formula is C25H30F3N3O3. The molecule has 0 fully saturated rings. The molecule has 3 aromatic rings. The number of anilines is 1. The lowest BCUT2D eigenvalue weighted by Gasteiger charge is -2.22. The molecule has 1 heterocycles. The molecule has 0 aliphatic rings. The molecule has 0 spiro atoms. The molecule has 0 saturated heterocycles. The summed E-state index contributed by atoms with van der Waals surface area (Å²) in [6.45, 7) is 6.49. The van der Waals surface area contributed by atoms with E-state index in [1.165, 1.54) is 12.1 Å². The van der Waals surface area contributed by atoms with Gasteiger partial charge in [-0.05, 0) is 26.3 Å². The Hall–Kier alpha value is -3.07. The van der Waals surface area contributed by atoms with Crippen molar-refractivity contribution in [2.75, 3.05) is 26.1 Å². The Balaban J connectivity index is 2.04. The Morgan fingerprint density at radius 1 is 1.12 bits per heavy atom. The van der Waals surface area contributed by atoms with E-state index >= 15 is 0 Å². The highest BCUT2D eigenvalue weighted by molar-refractivity contribution is 5.92. The van der Waals surface area contributed by atoms with Crippen molar-refractivity contribution in [3.8, 4) is 11.5 Å². The summed E-state index contributed by atoms with van der Waals surface area (Å²) in [5.74, 6) is -2.34. The van der Waals surface area contributed by atoms with Crippen molar-refractivity contribution < 1.29 is 27.4 Å². The topological polar surface area (TPSA) is 65.5 Å². The second-order valence-electron chi connectivity index (χ2n) is 8.21. The Bertz CT molecular complexity index is 1150. The Morgan fingerprint density at radius 2 is 1.85 bits per heavy atom. The van der Waals surface area contributed by atoms with Crippen LogP contribution in [0.15, 0.2) is 30.3 Å². The molecule has 1 unspecified atom stereocenters. The monoisotopic (exact) mass is 477 g/mol. The number of aromatic nitrogens is 2. The minimum Gasteiger partial charge on any atom is -0.493 e. The lowest BCUT2D eigenvalue weighted by Crippen LogP contribution is -2.21. The standard InChI is InChI=1S/C25H30F3N3O3/c1-7-16(13-32-5)34-22-11-18-20(12-21(22)33-6)30-15(3)31-24(18)29-14(2)17-9-8-10-19(23(17)26)25(4,27)28/h8-12,14,16H,7,13H2,1-6H3,(H,29,30,31)/t14-,16?/m1/s1. The van der Waals surface area contributed by atoms with Crippen LogP contribution in [0.4, 0.5) is 19.0 Å². The van der Waals surface area contributed by atoms with Gasteiger partial charge in [-0.1, -0.05) is 25.1 Å². The number of methoxy groups -OCH3 is 2. The number of nitrogens with one attached hydrogen (secondary N) is 1. The van der Waals surface area contributed by atoms with Crippen molar-refractivity contribution in [2.24, 2.45) is 0 Å². The first-order valence-corrected chi connectivity index (χ1v) is 11.0. The van der Waals surface area contributed by atoms with Crippen LogP contribution in [-0.4, -0.2) is 36.9 Å². The van der Waals surface area contributed by atoms with Gasteiger partial charge in [0.15, 0.2) is 11.5 Å². The zero-order chi connectivity index (χ0) is 25.0. The van der Waals surface area contributed by atoms with E-state index in [9.17, 15) is 13.2 Å². The van der Waals surface area contributed by atoms with Crippen molar-refractivity contribution >= 4 is 16.7 Å². The highest BCUT2D eigenvalue weighted by Crippen LogP contribution is 2.37. The third kappa shape index (κ3) is 5.52. The van der Waals surface area contributed by atoms with E-state index in [4.69, 9.17) is 14.2 Å². The largest absolute Gasteiger partial charge is 0.493 e. The van der Waals surface area contributed by atoms with Crippen molar-refractivity contribution in [3.63, 3.8) is 0 Å². The van der Waals surface area contributed by atoms with Crippen LogP contribution >= 0.6 is 0 Å². The maximum Gasteiger partial charge on any atom is 0.273 e. The number of benzene rings is 2. The highest BCUT2D eigenvalue weighted by Gasteiger charge is 2.30. The van der Waals surface area contributed by atoms with Crippen molar-refractivity contribution in [1.29, 1.82) is 0 Å². The highest BCUT2D eigenvalue weighted by atomic mass is 19.3. The Labute approximate surface area is 197 Å². The summed E-state index contributed by atoms with van der Waals surface area (Å²) in [5, 5.41) is 3.78. The van der Waals surface area contributed by atoms with E-state index in [2.05, 4.69) is 15.3 Å². The Kier molecular flexibility index (Phi) is 7.86. The summed E-state index contributed by atoms with van der Waals surface area (Å²) < 4.78 is 59.4. The van der Waals surface area contributed by atoms with Crippen LogP contribution in [0.5, 0.6) is 11.5 Å². The number of aryl methyl sites for hydroxylation is 1. The van der Waals surface area contributed by atoms with Crippen LogP contribution in [0.3, 0.4) is 0 Å². The van der Waals surface area contributed by atoms with Crippen molar-refractivity contribution in [2.45, 2.75) is 52.2 Å². The van der Waals surface area contributed by atoms with E-state index in [1.54, 1.807) is 40.2 Å². The van der Waals surface area contributed by atoms with Gasteiger partial charge < -0.3 is 19.5 Å². The molecule has 0 amide bonds. The second kappa shape index (κ2) is 10.5. The van der Waals surface area contributed by atoms with Crippen LogP contribution in [0, 0.1) is 12.7 Å². The molecule has 9 heteroatoms. The Morgan fingerprint density at radius 3 is 2.47 bits per heavy atom. The molecule has 0 aliphatic heterocycles. The van der Waals surface area contributed by atoms with Gasteiger partial charge in [-0.25, -0.2) is 23.1 Å². The molecule has 6 nitrogen and oxygen atoms in total. The number of hydrogen-bond donors (Lipinski definition) is 1. The van der Waals surface area contributed by atoms with Gasteiger partial charge in [-0.3, -0.25) is 0 Å². The number of alkyl halides is 2. The number of nitrogens with zero attached hydrogens (tertiary/aromatic N) is 2. The first-order chi connectivity index (χ1) is 16.1. The number of rotatable bonds is 10. The zero-order valence-corrected chi connectivity index (χ0v) is 20.2. The van der Waals surface area contributed by atoms with Crippen LogP contribution < -0.4 is 14.8 Å². The van der Waals surface area contributed by atoms with Crippen molar-refractivity contribution in [1.82, 2.24) is 9.97 Å². The number of hydrogen-bond acceptors (Lipinski definition) is 6. The fourth-order valence-electron chi connectivity index (χ4n) is 3.72.